The van der Waals surface area contributed by atoms with Gasteiger partial charge in [0.1, 0.15) is 0 Å². The zero-order chi connectivity index (χ0) is 17.8. The number of aromatic nitrogens is 3. The number of rotatable bonds is 4. The van der Waals surface area contributed by atoms with Gasteiger partial charge in [-0.25, -0.2) is 0 Å². The van der Waals surface area contributed by atoms with Crippen LogP contribution in [0.1, 0.15) is 54.1 Å². The van der Waals surface area contributed by atoms with Crippen LogP contribution in [0.15, 0.2) is 60.9 Å². The van der Waals surface area contributed by atoms with Gasteiger partial charge in [-0.05, 0) is 55.7 Å². The third kappa shape index (κ3) is 3.92. The molecule has 0 radical (unpaired) electrons. The number of piperidine rings is 1. The molecule has 0 bridgehead atoms. The number of nitrogens with zero attached hydrogens (tertiary/aromatic N) is 3. The normalized spacial score (nSPS) is 20.0. The zero-order valence-electron chi connectivity index (χ0n) is 14.5. The summed E-state index contributed by atoms with van der Waals surface area (Å²) in [5, 5.41) is 4.42. The fraction of sp³-hybridized carbons (Fsp3) is 0.286. The van der Waals surface area contributed by atoms with E-state index in [4.69, 9.17) is 16.6 Å². The van der Waals surface area contributed by atoms with Crippen molar-refractivity contribution in [1.29, 1.82) is 0 Å². The van der Waals surface area contributed by atoms with Crippen molar-refractivity contribution in [1.82, 2.24) is 20.3 Å². The average Bonchev–Trinajstić information content (AvgIpc) is 2.69. The van der Waals surface area contributed by atoms with Gasteiger partial charge < -0.3 is 5.32 Å². The molecule has 1 N–H and O–H groups in total. The number of pyridine rings is 3. The molecule has 1 aliphatic rings. The van der Waals surface area contributed by atoms with E-state index < -0.39 is 0 Å². The van der Waals surface area contributed by atoms with Gasteiger partial charge >= 0.3 is 0 Å². The standard InChI is InChI=1S/C21H21ClN4/c22-17-8-5-13-24-21(17)20-11-4-10-19(26-20)18-9-3-7-16(25-18)14-15-6-1-2-12-23-15/h1-3,5-9,12-13,19-20,26H,4,10-11,14H2/t19-,20+/m1/s1. The van der Waals surface area contributed by atoms with Crippen molar-refractivity contribution in [3.05, 3.63) is 88.7 Å². The molecule has 0 aliphatic carbocycles. The SMILES string of the molecule is Clc1cccnc1[C@@H]1CCC[C@H](c2cccc(Cc3ccccn3)n2)N1. The zero-order valence-corrected chi connectivity index (χ0v) is 15.2. The van der Waals surface area contributed by atoms with Gasteiger partial charge in [0.25, 0.3) is 0 Å². The van der Waals surface area contributed by atoms with Crippen molar-refractivity contribution in [2.75, 3.05) is 0 Å². The van der Waals surface area contributed by atoms with E-state index in [1.54, 1.807) is 6.20 Å². The van der Waals surface area contributed by atoms with Crippen molar-refractivity contribution < 1.29 is 0 Å². The van der Waals surface area contributed by atoms with Crippen molar-refractivity contribution in [3.63, 3.8) is 0 Å². The van der Waals surface area contributed by atoms with Crippen LogP contribution in [0.2, 0.25) is 5.02 Å². The first kappa shape index (κ1) is 17.1. The molecule has 26 heavy (non-hydrogen) atoms. The van der Waals surface area contributed by atoms with E-state index in [0.29, 0.717) is 0 Å². The van der Waals surface area contributed by atoms with Gasteiger partial charge in [0.2, 0.25) is 0 Å². The second-order valence-corrected chi connectivity index (χ2v) is 7.03. The van der Waals surface area contributed by atoms with Gasteiger partial charge in [-0.3, -0.25) is 15.0 Å². The molecule has 5 heteroatoms. The lowest BCUT2D eigenvalue weighted by Gasteiger charge is -2.31. The van der Waals surface area contributed by atoms with Crippen LogP contribution < -0.4 is 5.32 Å². The molecular weight excluding hydrogens is 344 g/mol. The van der Waals surface area contributed by atoms with Crippen LogP contribution in [0.3, 0.4) is 0 Å². The van der Waals surface area contributed by atoms with Gasteiger partial charge in [-0.15, -0.1) is 0 Å². The Labute approximate surface area is 158 Å². The smallest absolute Gasteiger partial charge is 0.0759 e. The number of hydrogen-bond acceptors (Lipinski definition) is 4. The molecule has 4 heterocycles. The third-order valence-corrected chi connectivity index (χ3v) is 5.10. The molecule has 3 aromatic heterocycles. The highest BCUT2D eigenvalue weighted by molar-refractivity contribution is 6.31. The van der Waals surface area contributed by atoms with Crippen molar-refractivity contribution in [2.45, 2.75) is 37.8 Å². The molecule has 132 valence electrons. The van der Waals surface area contributed by atoms with Crippen LogP contribution in [-0.4, -0.2) is 15.0 Å². The van der Waals surface area contributed by atoms with E-state index >= 15 is 0 Å². The summed E-state index contributed by atoms with van der Waals surface area (Å²) < 4.78 is 0. The maximum absolute atomic E-state index is 6.34. The maximum atomic E-state index is 6.34. The first-order chi connectivity index (χ1) is 12.8. The van der Waals surface area contributed by atoms with E-state index in [1.807, 2.05) is 36.5 Å². The van der Waals surface area contributed by atoms with Crippen LogP contribution in [0.4, 0.5) is 0 Å². The lowest BCUT2D eigenvalue weighted by molar-refractivity contribution is 0.321. The second-order valence-electron chi connectivity index (χ2n) is 6.62. The summed E-state index contributed by atoms with van der Waals surface area (Å²) in [6.07, 6.45) is 7.61. The highest BCUT2D eigenvalue weighted by Gasteiger charge is 2.26. The van der Waals surface area contributed by atoms with E-state index in [-0.39, 0.29) is 12.1 Å². The molecule has 4 rings (SSSR count). The molecule has 0 saturated carbocycles. The van der Waals surface area contributed by atoms with Crippen LogP contribution in [0.5, 0.6) is 0 Å². The Hall–Kier alpha value is -2.30. The Bertz CT molecular complexity index is 869. The van der Waals surface area contributed by atoms with Crippen molar-refractivity contribution in [2.24, 2.45) is 0 Å². The molecule has 1 fully saturated rings. The van der Waals surface area contributed by atoms with Crippen LogP contribution in [0, 0.1) is 0 Å². The predicted molar refractivity (Wildman–Crippen MR) is 103 cm³/mol. The Balaban J connectivity index is 1.52. The summed E-state index contributed by atoms with van der Waals surface area (Å²) in [6, 6.07) is 16.4. The predicted octanol–water partition coefficient (Wildman–Crippen LogP) is 4.67. The number of halogens is 1. The third-order valence-electron chi connectivity index (χ3n) is 4.78. The van der Waals surface area contributed by atoms with Crippen molar-refractivity contribution >= 4 is 11.6 Å². The van der Waals surface area contributed by atoms with E-state index in [9.17, 15) is 0 Å². The van der Waals surface area contributed by atoms with Gasteiger partial charge in [0, 0.05) is 36.2 Å². The second kappa shape index (κ2) is 7.94. The quantitative estimate of drug-likeness (QED) is 0.730. The summed E-state index contributed by atoms with van der Waals surface area (Å²) in [7, 11) is 0. The Morgan fingerprint density at radius 1 is 0.885 bits per heavy atom. The van der Waals surface area contributed by atoms with E-state index in [2.05, 4.69) is 33.5 Å². The molecule has 0 unspecified atom stereocenters. The van der Waals surface area contributed by atoms with Gasteiger partial charge in [-0.1, -0.05) is 23.7 Å². The minimum Gasteiger partial charge on any atom is -0.300 e. The minimum absolute atomic E-state index is 0.170. The monoisotopic (exact) mass is 364 g/mol. The fourth-order valence-electron chi connectivity index (χ4n) is 3.52. The lowest BCUT2D eigenvalue weighted by Crippen LogP contribution is -2.32. The lowest BCUT2D eigenvalue weighted by atomic mass is 9.94. The summed E-state index contributed by atoms with van der Waals surface area (Å²) >= 11 is 6.34. The number of hydrogen-bond donors (Lipinski definition) is 1. The van der Waals surface area contributed by atoms with Gasteiger partial charge in [0.05, 0.1) is 22.5 Å². The number of nitrogens with one attached hydrogen (secondary N) is 1. The summed E-state index contributed by atoms with van der Waals surface area (Å²) in [6.45, 7) is 0. The average molecular weight is 365 g/mol. The van der Waals surface area contributed by atoms with Crippen LogP contribution in [0.25, 0.3) is 0 Å². The molecule has 4 nitrogen and oxygen atoms in total. The van der Waals surface area contributed by atoms with E-state index in [1.165, 1.54) is 0 Å². The fourth-order valence-corrected chi connectivity index (χ4v) is 3.77. The Kier molecular flexibility index (Phi) is 5.23. The first-order valence-electron chi connectivity index (χ1n) is 9.02. The Morgan fingerprint density at radius 3 is 2.58 bits per heavy atom. The molecule has 3 aromatic rings. The molecular formula is C21H21ClN4. The highest BCUT2D eigenvalue weighted by atomic mass is 35.5. The van der Waals surface area contributed by atoms with Gasteiger partial charge in [-0.2, -0.15) is 0 Å². The highest BCUT2D eigenvalue weighted by Crippen LogP contribution is 2.33. The molecule has 1 saturated heterocycles. The van der Waals surface area contributed by atoms with Crippen LogP contribution in [-0.2, 0) is 6.42 Å². The largest absolute Gasteiger partial charge is 0.300 e. The molecule has 2 atom stereocenters. The molecule has 0 spiro atoms. The molecule has 1 aliphatic heterocycles. The summed E-state index contributed by atoms with van der Waals surface area (Å²) in [5.74, 6) is 0. The topological polar surface area (TPSA) is 50.7 Å². The van der Waals surface area contributed by atoms with Gasteiger partial charge in [0.15, 0.2) is 0 Å². The minimum atomic E-state index is 0.170. The summed E-state index contributed by atoms with van der Waals surface area (Å²) in [4.78, 5) is 13.8. The first-order valence-corrected chi connectivity index (χ1v) is 9.39. The Morgan fingerprint density at radius 2 is 1.73 bits per heavy atom. The maximum Gasteiger partial charge on any atom is 0.0759 e. The summed E-state index contributed by atoms with van der Waals surface area (Å²) in [5.41, 5.74) is 4.09. The van der Waals surface area contributed by atoms with E-state index in [0.717, 1.165) is 53.5 Å². The van der Waals surface area contributed by atoms with Crippen LogP contribution >= 0.6 is 11.6 Å². The molecule has 0 amide bonds. The van der Waals surface area contributed by atoms with Crippen molar-refractivity contribution in [3.8, 4) is 0 Å². The molecule has 0 aromatic carbocycles.